The van der Waals surface area contributed by atoms with Crippen LogP contribution in [0.3, 0.4) is 0 Å². The highest BCUT2D eigenvalue weighted by Crippen LogP contribution is 2.00. The van der Waals surface area contributed by atoms with Crippen molar-refractivity contribution >= 4 is 5.97 Å². The summed E-state index contributed by atoms with van der Waals surface area (Å²) in [4.78, 5) is 11.1. The predicted octanol–water partition coefficient (Wildman–Crippen LogP) is 2.77. The fourth-order valence-corrected chi connectivity index (χ4v) is 0.898. The average Bonchev–Trinajstić information content (AvgIpc) is 2.27. The molecule has 0 saturated heterocycles. The van der Waals surface area contributed by atoms with Crippen molar-refractivity contribution in [1.29, 1.82) is 0 Å². The highest BCUT2D eigenvalue weighted by molar-refractivity contribution is 5.71. The molecule has 0 saturated carbocycles. The van der Waals surface area contributed by atoms with Crippen molar-refractivity contribution < 1.29 is 9.53 Å². The van der Waals surface area contributed by atoms with Gasteiger partial charge >= 0.3 is 5.97 Å². The zero-order valence-corrected chi connectivity index (χ0v) is 10.3. The second kappa shape index (κ2) is 8.77. The van der Waals surface area contributed by atoms with Gasteiger partial charge in [-0.25, -0.2) is 0 Å². The van der Waals surface area contributed by atoms with Crippen molar-refractivity contribution in [3.8, 4) is 0 Å². The number of nitrogens with one attached hydrogen (secondary N) is 1. The Morgan fingerprint density at radius 2 is 2.19 bits per heavy atom. The summed E-state index contributed by atoms with van der Waals surface area (Å²) >= 11 is 0. The van der Waals surface area contributed by atoms with E-state index in [1.807, 2.05) is 18.2 Å². The minimum Gasteiger partial charge on any atom is -0.444 e. The Kier molecular flexibility index (Phi) is 7.94. The molecule has 1 N–H and O–H groups in total. The molecule has 3 nitrogen and oxygen atoms in total. The largest absolute Gasteiger partial charge is 0.444 e. The van der Waals surface area contributed by atoms with Crippen LogP contribution in [0.1, 0.15) is 27.2 Å². The molecule has 0 aromatic heterocycles. The van der Waals surface area contributed by atoms with Crippen LogP contribution in [0.15, 0.2) is 36.6 Å². The van der Waals surface area contributed by atoms with E-state index >= 15 is 0 Å². The van der Waals surface area contributed by atoms with Crippen molar-refractivity contribution in [2.75, 3.05) is 6.73 Å². The van der Waals surface area contributed by atoms with E-state index in [0.29, 0.717) is 0 Å². The predicted molar refractivity (Wildman–Crippen MR) is 66.6 cm³/mol. The van der Waals surface area contributed by atoms with E-state index in [0.717, 1.165) is 12.0 Å². The first-order valence-corrected chi connectivity index (χ1v) is 5.50. The van der Waals surface area contributed by atoms with Gasteiger partial charge in [0.25, 0.3) is 0 Å². The molecule has 0 heterocycles. The summed E-state index contributed by atoms with van der Waals surface area (Å²) in [5.41, 5.74) is 1.16. The van der Waals surface area contributed by atoms with E-state index in [-0.39, 0.29) is 18.6 Å². The van der Waals surface area contributed by atoms with Crippen LogP contribution in [0.5, 0.6) is 0 Å². The maximum atomic E-state index is 11.1. The molecule has 16 heavy (non-hydrogen) atoms. The molecule has 0 bridgehead atoms. The fraction of sp³-hybridized carbons (Fsp3) is 0.462. The molecule has 0 aliphatic carbocycles. The topological polar surface area (TPSA) is 38.3 Å². The normalized spacial score (nSPS) is 11.9. The number of allylic oxidation sites excluding steroid dienone is 4. The molecular formula is C13H21NO2. The van der Waals surface area contributed by atoms with Gasteiger partial charge in [0.2, 0.25) is 0 Å². The molecule has 0 aromatic rings. The molecular weight excluding hydrogens is 202 g/mol. The standard InChI is InChI=1S/C13H21NO2/c1-5-12(6-2)8-7-9-14-10-16-13(15)11(3)4/h5,7-9,11,14H,1,6,10H2,2-4H3/b9-7-,12-8+. The summed E-state index contributed by atoms with van der Waals surface area (Å²) in [6.07, 6.45) is 8.35. The number of rotatable bonds is 7. The molecule has 0 fully saturated rings. The zero-order valence-electron chi connectivity index (χ0n) is 10.3. The molecule has 0 amide bonds. The number of esters is 1. The average molecular weight is 223 g/mol. The Labute approximate surface area is 97.9 Å². The molecule has 0 spiro atoms. The Balaban J connectivity index is 3.74. The summed E-state index contributed by atoms with van der Waals surface area (Å²) in [6, 6.07) is 0. The van der Waals surface area contributed by atoms with Crippen LogP contribution < -0.4 is 5.32 Å². The third-order valence-corrected chi connectivity index (χ3v) is 1.96. The fourth-order valence-electron chi connectivity index (χ4n) is 0.898. The van der Waals surface area contributed by atoms with Crippen molar-refractivity contribution in [2.24, 2.45) is 5.92 Å². The van der Waals surface area contributed by atoms with Gasteiger partial charge in [-0.1, -0.05) is 39.5 Å². The van der Waals surface area contributed by atoms with E-state index < -0.39 is 0 Å². The lowest BCUT2D eigenvalue weighted by atomic mass is 10.2. The smallest absolute Gasteiger partial charge is 0.310 e. The van der Waals surface area contributed by atoms with Crippen LogP contribution >= 0.6 is 0 Å². The number of hydrogen-bond donors (Lipinski definition) is 1. The second-order valence-corrected chi connectivity index (χ2v) is 3.62. The maximum Gasteiger partial charge on any atom is 0.310 e. The minimum absolute atomic E-state index is 0.0851. The molecule has 3 heteroatoms. The van der Waals surface area contributed by atoms with Crippen LogP contribution in [0.25, 0.3) is 0 Å². The molecule has 0 radical (unpaired) electrons. The van der Waals surface area contributed by atoms with Gasteiger partial charge in [-0.15, -0.1) is 0 Å². The van der Waals surface area contributed by atoms with Gasteiger partial charge in [-0.2, -0.15) is 0 Å². The lowest BCUT2D eigenvalue weighted by Crippen LogP contribution is -2.19. The third-order valence-electron chi connectivity index (χ3n) is 1.96. The Morgan fingerprint density at radius 1 is 1.50 bits per heavy atom. The van der Waals surface area contributed by atoms with E-state index in [2.05, 4.69) is 18.8 Å². The molecule has 0 aliphatic rings. The molecule has 0 unspecified atom stereocenters. The van der Waals surface area contributed by atoms with Crippen molar-refractivity contribution in [1.82, 2.24) is 5.32 Å². The maximum absolute atomic E-state index is 11.1. The number of carbonyl (C=O) groups is 1. The van der Waals surface area contributed by atoms with E-state index in [1.165, 1.54) is 0 Å². The Morgan fingerprint density at radius 3 is 2.69 bits per heavy atom. The SMILES string of the molecule is C=C/C(=C\C=C/NCOC(=O)C(C)C)CC. The molecule has 90 valence electrons. The lowest BCUT2D eigenvalue weighted by Gasteiger charge is -2.05. The summed E-state index contributed by atoms with van der Waals surface area (Å²) in [7, 11) is 0. The summed E-state index contributed by atoms with van der Waals surface area (Å²) < 4.78 is 4.92. The van der Waals surface area contributed by atoms with Gasteiger partial charge in [-0.3, -0.25) is 4.79 Å². The summed E-state index contributed by atoms with van der Waals surface area (Å²) in [5.74, 6) is -0.282. The summed E-state index contributed by atoms with van der Waals surface area (Å²) in [6.45, 7) is 9.58. The van der Waals surface area contributed by atoms with E-state index in [4.69, 9.17) is 4.74 Å². The van der Waals surface area contributed by atoms with Gasteiger partial charge in [0.05, 0.1) is 5.92 Å². The first-order chi connectivity index (χ1) is 7.61. The number of carbonyl (C=O) groups excluding carboxylic acids is 1. The van der Waals surface area contributed by atoms with Gasteiger partial charge in [0.15, 0.2) is 6.73 Å². The molecule has 0 rings (SSSR count). The van der Waals surface area contributed by atoms with Crippen molar-refractivity contribution in [2.45, 2.75) is 27.2 Å². The second-order valence-electron chi connectivity index (χ2n) is 3.62. The molecule has 0 aliphatic heterocycles. The first-order valence-electron chi connectivity index (χ1n) is 5.50. The molecule has 0 atom stereocenters. The number of hydrogen-bond acceptors (Lipinski definition) is 3. The number of ether oxygens (including phenoxy) is 1. The van der Waals surface area contributed by atoms with Gasteiger partial charge < -0.3 is 10.1 Å². The van der Waals surface area contributed by atoms with E-state index in [9.17, 15) is 4.79 Å². The monoisotopic (exact) mass is 223 g/mol. The minimum atomic E-state index is -0.197. The Hall–Kier alpha value is -1.51. The van der Waals surface area contributed by atoms with Crippen LogP contribution in [0.2, 0.25) is 0 Å². The van der Waals surface area contributed by atoms with Crippen LogP contribution in [0.4, 0.5) is 0 Å². The van der Waals surface area contributed by atoms with Crippen molar-refractivity contribution in [3.05, 3.63) is 36.6 Å². The van der Waals surface area contributed by atoms with Crippen molar-refractivity contribution in [3.63, 3.8) is 0 Å². The third kappa shape index (κ3) is 6.87. The van der Waals surface area contributed by atoms with E-state index in [1.54, 1.807) is 20.0 Å². The van der Waals surface area contributed by atoms with Gasteiger partial charge in [0.1, 0.15) is 0 Å². The Bertz CT molecular complexity index is 278. The highest BCUT2D eigenvalue weighted by atomic mass is 16.5. The van der Waals surface area contributed by atoms with Crippen LogP contribution in [-0.2, 0) is 9.53 Å². The van der Waals surface area contributed by atoms with Gasteiger partial charge in [0, 0.05) is 0 Å². The van der Waals surface area contributed by atoms with Crippen LogP contribution in [-0.4, -0.2) is 12.7 Å². The zero-order chi connectivity index (χ0) is 12.4. The van der Waals surface area contributed by atoms with Gasteiger partial charge in [-0.05, 0) is 24.3 Å². The quantitative estimate of drug-likeness (QED) is 0.312. The summed E-state index contributed by atoms with van der Waals surface area (Å²) in [5, 5.41) is 2.87. The highest BCUT2D eigenvalue weighted by Gasteiger charge is 2.06. The lowest BCUT2D eigenvalue weighted by molar-refractivity contribution is -0.147. The molecule has 0 aromatic carbocycles. The first kappa shape index (κ1) is 14.5. The van der Waals surface area contributed by atoms with Crippen LogP contribution in [0, 0.1) is 5.92 Å².